The number of anilines is 2. The maximum absolute atomic E-state index is 12.6. The zero-order chi connectivity index (χ0) is 22.5. The molecule has 3 heterocycles. The Kier molecular flexibility index (Phi) is 6.32. The molecule has 1 fully saturated rings. The number of aromatic nitrogens is 3. The molecule has 1 aliphatic rings. The van der Waals surface area contributed by atoms with Crippen LogP contribution in [0.4, 0.5) is 11.4 Å². The molecule has 8 heteroatoms. The SMILES string of the molecule is C=C(Nc1ccc(N2CCOCC2)cc1)c1c(/C=C(\N)c2cnc(C)nc2)cc[nH]c1=O. The third-order valence-electron chi connectivity index (χ3n) is 5.26. The number of hydrogen-bond donors (Lipinski definition) is 3. The van der Waals surface area contributed by atoms with E-state index < -0.39 is 0 Å². The van der Waals surface area contributed by atoms with Crippen LogP contribution in [0.1, 0.15) is 22.5 Å². The van der Waals surface area contributed by atoms with E-state index in [1.165, 1.54) is 0 Å². The van der Waals surface area contributed by atoms with Crippen molar-refractivity contribution in [3.8, 4) is 0 Å². The second kappa shape index (κ2) is 9.49. The zero-order valence-electron chi connectivity index (χ0n) is 18.0. The van der Waals surface area contributed by atoms with Gasteiger partial charge in [-0.05, 0) is 48.9 Å². The first-order valence-electron chi connectivity index (χ1n) is 10.4. The molecule has 0 radical (unpaired) electrons. The van der Waals surface area contributed by atoms with Crippen molar-refractivity contribution in [2.75, 3.05) is 36.5 Å². The molecule has 0 aliphatic carbocycles. The van der Waals surface area contributed by atoms with Crippen LogP contribution in [0.5, 0.6) is 0 Å². The Morgan fingerprint density at radius 2 is 1.88 bits per heavy atom. The number of pyridine rings is 1. The van der Waals surface area contributed by atoms with Gasteiger partial charge in [-0.1, -0.05) is 6.58 Å². The van der Waals surface area contributed by atoms with E-state index in [1.54, 1.807) is 30.7 Å². The minimum Gasteiger partial charge on any atom is -0.398 e. The summed E-state index contributed by atoms with van der Waals surface area (Å²) in [5.74, 6) is 0.663. The Morgan fingerprint density at radius 1 is 1.19 bits per heavy atom. The normalized spacial score (nSPS) is 14.3. The fourth-order valence-corrected chi connectivity index (χ4v) is 3.53. The highest BCUT2D eigenvalue weighted by molar-refractivity contribution is 5.86. The number of nitrogens with one attached hydrogen (secondary N) is 2. The highest BCUT2D eigenvalue weighted by Gasteiger charge is 2.13. The van der Waals surface area contributed by atoms with Gasteiger partial charge in [-0.25, -0.2) is 9.97 Å². The summed E-state index contributed by atoms with van der Waals surface area (Å²) in [5, 5.41) is 3.24. The van der Waals surface area contributed by atoms with Crippen LogP contribution < -0.4 is 21.5 Å². The average Bonchev–Trinajstić information content (AvgIpc) is 2.80. The molecule has 32 heavy (non-hydrogen) atoms. The molecule has 0 saturated carbocycles. The molecule has 3 aromatic rings. The number of morpholine rings is 1. The van der Waals surface area contributed by atoms with Gasteiger partial charge < -0.3 is 25.7 Å². The van der Waals surface area contributed by atoms with Gasteiger partial charge in [-0.2, -0.15) is 0 Å². The van der Waals surface area contributed by atoms with E-state index >= 15 is 0 Å². The highest BCUT2D eigenvalue weighted by atomic mass is 16.5. The summed E-state index contributed by atoms with van der Waals surface area (Å²) in [7, 11) is 0. The highest BCUT2D eigenvalue weighted by Crippen LogP contribution is 2.23. The fraction of sp³-hybridized carbons (Fsp3) is 0.208. The zero-order valence-corrected chi connectivity index (χ0v) is 18.0. The summed E-state index contributed by atoms with van der Waals surface area (Å²) in [6, 6.07) is 9.83. The molecule has 0 bridgehead atoms. The lowest BCUT2D eigenvalue weighted by Gasteiger charge is -2.29. The van der Waals surface area contributed by atoms with Crippen molar-refractivity contribution in [1.82, 2.24) is 15.0 Å². The van der Waals surface area contributed by atoms with Crippen molar-refractivity contribution < 1.29 is 4.74 Å². The molecule has 0 spiro atoms. The number of aryl methyl sites for hydroxylation is 1. The van der Waals surface area contributed by atoms with Crippen molar-refractivity contribution >= 4 is 28.8 Å². The van der Waals surface area contributed by atoms with Crippen molar-refractivity contribution in [3.63, 3.8) is 0 Å². The third kappa shape index (κ3) is 4.87. The summed E-state index contributed by atoms with van der Waals surface area (Å²) in [6.45, 7) is 9.13. The number of rotatable bonds is 6. The van der Waals surface area contributed by atoms with Crippen LogP contribution in [0.25, 0.3) is 17.5 Å². The molecule has 4 rings (SSSR count). The Hall–Kier alpha value is -3.91. The summed E-state index contributed by atoms with van der Waals surface area (Å²) < 4.78 is 5.41. The van der Waals surface area contributed by atoms with Crippen LogP contribution >= 0.6 is 0 Å². The molecule has 164 valence electrons. The lowest BCUT2D eigenvalue weighted by molar-refractivity contribution is 0.122. The Morgan fingerprint density at radius 3 is 2.56 bits per heavy atom. The molecule has 0 unspecified atom stereocenters. The Bertz CT molecular complexity index is 1180. The first kappa shape index (κ1) is 21.3. The van der Waals surface area contributed by atoms with Gasteiger partial charge in [-0.15, -0.1) is 0 Å². The van der Waals surface area contributed by atoms with Gasteiger partial charge in [0.15, 0.2) is 0 Å². The number of benzene rings is 1. The average molecular weight is 431 g/mol. The van der Waals surface area contributed by atoms with Crippen LogP contribution in [0, 0.1) is 6.92 Å². The van der Waals surface area contributed by atoms with Gasteiger partial charge in [0.05, 0.1) is 18.8 Å². The quantitative estimate of drug-likeness (QED) is 0.552. The molecule has 1 aliphatic heterocycles. The fourth-order valence-electron chi connectivity index (χ4n) is 3.53. The largest absolute Gasteiger partial charge is 0.398 e. The third-order valence-corrected chi connectivity index (χ3v) is 5.26. The van der Waals surface area contributed by atoms with Crippen molar-refractivity contribution in [3.05, 3.63) is 88.4 Å². The number of nitrogens with zero attached hydrogens (tertiary/aromatic N) is 3. The molecule has 0 amide bonds. The van der Waals surface area contributed by atoms with Gasteiger partial charge in [0.1, 0.15) is 5.82 Å². The first-order valence-corrected chi connectivity index (χ1v) is 10.4. The number of ether oxygens (including phenoxy) is 1. The monoisotopic (exact) mass is 430 g/mol. The van der Waals surface area contributed by atoms with E-state index in [2.05, 4.69) is 31.7 Å². The van der Waals surface area contributed by atoms with Crippen LogP contribution in [0.15, 0.2) is 60.3 Å². The minimum absolute atomic E-state index is 0.255. The van der Waals surface area contributed by atoms with Gasteiger partial charge in [0.2, 0.25) is 0 Å². The van der Waals surface area contributed by atoms with Crippen LogP contribution in [-0.4, -0.2) is 41.3 Å². The second-order valence-corrected chi connectivity index (χ2v) is 7.51. The van der Waals surface area contributed by atoms with Crippen LogP contribution in [0.3, 0.4) is 0 Å². The first-order chi connectivity index (χ1) is 15.5. The van der Waals surface area contributed by atoms with Crippen molar-refractivity contribution in [1.29, 1.82) is 0 Å². The van der Waals surface area contributed by atoms with E-state index in [1.807, 2.05) is 31.2 Å². The summed E-state index contributed by atoms with van der Waals surface area (Å²) in [6.07, 6.45) is 6.63. The van der Waals surface area contributed by atoms with Gasteiger partial charge >= 0.3 is 0 Å². The van der Waals surface area contributed by atoms with E-state index in [9.17, 15) is 4.79 Å². The molecule has 4 N–H and O–H groups in total. The number of nitrogens with two attached hydrogens (primary N) is 1. The molecule has 2 aromatic heterocycles. The molecule has 8 nitrogen and oxygen atoms in total. The van der Waals surface area contributed by atoms with Gasteiger partial charge in [0, 0.05) is 60.0 Å². The minimum atomic E-state index is -0.255. The van der Waals surface area contributed by atoms with E-state index in [0.717, 1.165) is 37.7 Å². The summed E-state index contributed by atoms with van der Waals surface area (Å²) in [4.78, 5) is 26.0. The summed E-state index contributed by atoms with van der Waals surface area (Å²) in [5.41, 5.74) is 10.6. The predicted molar refractivity (Wildman–Crippen MR) is 128 cm³/mol. The van der Waals surface area contributed by atoms with Gasteiger partial charge in [0.25, 0.3) is 5.56 Å². The predicted octanol–water partition coefficient (Wildman–Crippen LogP) is 2.85. The molecule has 0 atom stereocenters. The number of aromatic amines is 1. The molecular formula is C24H26N6O2. The van der Waals surface area contributed by atoms with E-state index in [4.69, 9.17) is 10.5 Å². The maximum Gasteiger partial charge on any atom is 0.257 e. The Balaban J connectivity index is 1.55. The smallest absolute Gasteiger partial charge is 0.257 e. The number of H-pyrrole nitrogens is 1. The van der Waals surface area contributed by atoms with Crippen molar-refractivity contribution in [2.24, 2.45) is 5.73 Å². The van der Waals surface area contributed by atoms with E-state index in [0.29, 0.717) is 33.9 Å². The molecular weight excluding hydrogens is 404 g/mol. The maximum atomic E-state index is 12.6. The number of hydrogen-bond acceptors (Lipinski definition) is 7. The van der Waals surface area contributed by atoms with Crippen LogP contribution in [0.2, 0.25) is 0 Å². The lowest BCUT2D eigenvalue weighted by atomic mass is 10.0. The molecule has 1 aromatic carbocycles. The molecule has 1 saturated heterocycles. The lowest BCUT2D eigenvalue weighted by Crippen LogP contribution is -2.36. The van der Waals surface area contributed by atoms with E-state index in [-0.39, 0.29) is 5.56 Å². The topological polar surface area (TPSA) is 109 Å². The summed E-state index contributed by atoms with van der Waals surface area (Å²) >= 11 is 0. The van der Waals surface area contributed by atoms with Crippen molar-refractivity contribution in [2.45, 2.75) is 6.92 Å². The standard InChI is InChI=1S/C24H26N6O2/c1-16(29-20-3-5-21(6-4-20)30-9-11-32-12-10-30)23-18(7-8-26-24(23)31)13-22(25)19-14-27-17(2)28-15-19/h3-8,13-15,29H,1,9-12,25H2,2H3,(H,26,31)/b22-13-. The second-order valence-electron chi connectivity index (χ2n) is 7.51. The van der Waals surface area contributed by atoms with Gasteiger partial charge in [-0.3, -0.25) is 4.79 Å². The Labute approximate surface area is 186 Å². The van der Waals surface area contributed by atoms with Crippen LogP contribution in [-0.2, 0) is 4.74 Å².